The molecule has 3 rings (SSSR count). The van der Waals surface area contributed by atoms with E-state index in [1.54, 1.807) is 6.08 Å². The Labute approximate surface area is 177 Å². The predicted molar refractivity (Wildman–Crippen MR) is 118 cm³/mol. The third kappa shape index (κ3) is 5.30. The summed E-state index contributed by atoms with van der Waals surface area (Å²) in [5.74, 6) is 0.425. The minimum Gasteiger partial charge on any atom is -0.494 e. The molecule has 156 valence electrons. The summed E-state index contributed by atoms with van der Waals surface area (Å²) in [4.78, 5) is 21.0. The monoisotopic (exact) mass is 418 g/mol. The number of anilines is 1. The highest BCUT2D eigenvalue weighted by Crippen LogP contribution is 2.29. The maximum Gasteiger partial charge on any atom is 0.301 e. The van der Waals surface area contributed by atoms with Gasteiger partial charge in [-0.2, -0.15) is 5.10 Å². The number of rotatable bonds is 8. The van der Waals surface area contributed by atoms with E-state index in [4.69, 9.17) is 4.74 Å². The van der Waals surface area contributed by atoms with E-state index in [1.807, 2.05) is 60.7 Å². The van der Waals surface area contributed by atoms with Crippen LogP contribution in [-0.2, 0) is 4.74 Å². The maximum atomic E-state index is 11.4. The molecule has 0 amide bonds. The summed E-state index contributed by atoms with van der Waals surface area (Å²) in [6, 6.07) is 21.9. The van der Waals surface area contributed by atoms with Gasteiger partial charge in [0.15, 0.2) is 0 Å². The third-order valence-corrected chi connectivity index (χ3v) is 4.27. The smallest absolute Gasteiger partial charge is 0.301 e. The van der Waals surface area contributed by atoms with Gasteiger partial charge in [0.05, 0.1) is 23.0 Å². The van der Waals surface area contributed by atoms with Crippen LogP contribution in [0.15, 0.2) is 89.7 Å². The fraction of sp³-hybridized carbons (Fsp3) is 0.0455. The van der Waals surface area contributed by atoms with E-state index in [0.29, 0.717) is 17.0 Å². The molecule has 0 heterocycles. The average molecular weight is 418 g/mol. The minimum absolute atomic E-state index is 0.0131. The lowest BCUT2D eigenvalue weighted by molar-refractivity contribution is -0.393. The van der Waals surface area contributed by atoms with Crippen LogP contribution in [0.1, 0.15) is 11.1 Å². The van der Waals surface area contributed by atoms with Crippen molar-refractivity contribution in [2.24, 2.45) is 5.10 Å². The molecule has 0 atom stereocenters. The van der Waals surface area contributed by atoms with Crippen LogP contribution in [0, 0.1) is 20.2 Å². The zero-order valence-electron chi connectivity index (χ0n) is 16.5. The Balaban J connectivity index is 2.06. The summed E-state index contributed by atoms with van der Waals surface area (Å²) < 4.78 is 5.55. The number of non-ortho nitro benzene ring substituents is 1. The number of nitro benzene ring substituents is 2. The van der Waals surface area contributed by atoms with Crippen LogP contribution in [-0.4, -0.2) is 22.7 Å². The number of ether oxygens (including phenoxy) is 1. The van der Waals surface area contributed by atoms with E-state index >= 15 is 0 Å². The number of hydrogen-bond donors (Lipinski definition) is 1. The van der Waals surface area contributed by atoms with E-state index in [0.717, 1.165) is 11.6 Å². The summed E-state index contributed by atoms with van der Waals surface area (Å²) in [6.45, 7) is 0. The summed E-state index contributed by atoms with van der Waals surface area (Å²) in [5, 5.41) is 26.7. The van der Waals surface area contributed by atoms with Gasteiger partial charge >= 0.3 is 5.69 Å². The number of nitrogens with zero attached hydrogens (tertiary/aromatic N) is 3. The van der Waals surface area contributed by atoms with Gasteiger partial charge in [-0.05, 0) is 17.7 Å². The van der Waals surface area contributed by atoms with Crippen LogP contribution in [0.2, 0.25) is 0 Å². The Morgan fingerprint density at radius 2 is 1.58 bits per heavy atom. The molecule has 3 aromatic rings. The first-order chi connectivity index (χ1) is 15.0. The summed E-state index contributed by atoms with van der Waals surface area (Å²) in [6.07, 6.45) is 1.79. The van der Waals surface area contributed by atoms with Gasteiger partial charge in [0.25, 0.3) is 5.69 Å². The Hall–Kier alpha value is -4.53. The SMILES string of the molecule is COC(=C\c1ccccc1)/C(=N/Nc1ccc([N+](=O)[O-])cc1[N+](=O)[O-])c1ccccc1. The van der Waals surface area contributed by atoms with Crippen molar-refractivity contribution in [3.63, 3.8) is 0 Å². The van der Waals surface area contributed by atoms with Gasteiger partial charge in [-0.3, -0.25) is 25.7 Å². The van der Waals surface area contributed by atoms with Crippen LogP contribution < -0.4 is 5.43 Å². The molecular formula is C22H18N4O5. The van der Waals surface area contributed by atoms with E-state index in [-0.39, 0.29) is 11.4 Å². The second-order valence-corrected chi connectivity index (χ2v) is 6.28. The highest BCUT2D eigenvalue weighted by molar-refractivity contribution is 6.13. The fourth-order valence-electron chi connectivity index (χ4n) is 2.78. The van der Waals surface area contributed by atoms with Gasteiger partial charge in [-0.1, -0.05) is 60.7 Å². The molecule has 3 aromatic carbocycles. The predicted octanol–water partition coefficient (Wildman–Crippen LogP) is 5.01. The van der Waals surface area contributed by atoms with Gasteiger partial charge in [0.2, 0.25) is 0 Å². The van der Waals surface area contributed by atoms with E-state index in [2.05, 4.69) is 10.5 Å². The number of benzene rings is 3. The molecular weight excluding hydrogens is 400 g/mol. The highest BCUT2D eigenvalue weighted by atomic mass is 16.6. The molecule has 0 aliphatic rings. The van der Waals surface area contributed by atoms with E-state index in [1.165, 1.54) is 19.2 Å². The van der Waals surface area contributed by atoms with Crippen molar-refractivity contribution in [2.45, 2.75) is 0 Å². The Kier molecular flexibility index (Phi) is 6.69. The Morgan fingerprint density at radius 3 is 2.16 bits per heavy atom. The summed E-state index contributed by atoms with van der Waals surface area (Å²) >= 11 is 0. The molecule has 9 nitrogen and oxygen atoms in total. The number of nitrogens with one attached hydrogen (secondary N) is 1. The van der Waals surface area contributed by atoms with Crippen molar-refractivity contribution >= 4 is 28.8 Å². The first-order valence-corrected chi connectivity index (χ1v) is 9.12. The maximum absolute atomic E-state index is 11.4. The lowest BCUT2D eigenvalue weighted by Crippen LogP contribution is -2.10. The molecule has 0 aromatic heterocycles. The molecule has 0 bridgehead atoms. The van der Waals surface area contributed by atoms with Crippen LogP contribution in [0.5, 0.6) is 0 Å². The lowest BCUT2D eigenvalue weighted by atomic mass is 10.1. The van der Waals surface area contributed by atoms with Crippen molar-refractivity contribution < 1.29 is 14.6 Å². The quantitative estimate of drug-likeness (QED) is 0.238. The van der Waals surface area contributed by atoms with Gasteiger partial charge < -0.3 is 4.74 Å². The molecule has 1 N–H and O–H groups in total. The van der Waals surface area contributed by atoms with Crippen LogP contribution in [0.25, 0.3) is 6.08 Å². The average Bonchev–Trinajstić information content (AvgIpc) is 2.79. The molecule has 0 fully saturated rings. The van der Waals surface area contributed by atoms with Crippen LogP contribution >= 0.6 is 0 Å². The molecule has 0 radical (unpaired) electrons. The number of hydrogen-bond acceptors (Lipinski definition) is 7. The van der Waals surface area contributed by atoms with Crippen LogP contribution in [0.4, 0.5) is 17.1 Å². The second-order valence-electron chi connectivity index (χ2n) is 6.28. The minimum atomic E-state index is -0.704. The van der Waals surface area contributed by atoms with Gasteiger partial charge in [0.1, 0.15) is 17.2 Å². The highest BCUT2D eigenvalue weighted by Gasteiger charge is 2.20. The molecule has 0 spiro atoms. The van der Waals surface area contributed by atoms with Gasteiger partial charge in [0, 0.05) is 11.6 Å². The number of allylic oxidation sites excluding steroid dienone is 1. The molecule has 0 aliphatic carbocycles. The summed E-state index contributed by atoms with van der Waals surface area (Å²) in [7, 11) is 1.50. The van der Waals surface area contributed by atoms with Gasteiger partial charge in [-0.25, -0.2) is 0 Å². The zero-order chi connectivity index (χ0) is 22.2. The Morgan fingerprint density at radius 1 is 0.935 bits per heavy atom. The number of methoxy groups -OCH3 is 1. The lowest BCUT2D eigenvalue weighted by Gasteiger charge is -2.12. The molecule has 0 aliphatic heterocycles. The number of hydrazone groups is 1. The van der Waals surface area contributed by atoms with E-state index in [9.17, 15) is 20.2 Å². The first-order valence-electron chi connectivity index (χ1n) is 9.12. The fourth-order valence-corrected chi connectivity index (χ4v) is 2.78. The number of nitro groups is 2. The second kappa shape index (κ2) is 9.79. The first kappa shape index (κ1) is 21.2. The van der Waals surface area contributed by atoms with Crippen molar-refractivity contribution in [2.75, 3.05) is 12.5 Å². The molecule has 31 heavy (non-hydrogen) atoms. The van der Waals surface area contributed by atoms with E-state index < -0.39 is 15.5 Å². The van der Waals surface area contributed by atoms with Crippen LogP contribution in [0.3, 0.4) is 0 Å². The van der Waals surface area contributed by atoms with Crippen molar-refractivity contribution in [1.29, 1.82) is 0 Å². The van der Waals surface area contributed by atoms with Crippen molar-refractivity contribution in [1.82, 2.24) is 0 Å². The molecule has 9 heteroatoms. The molecule has 0 saturated heterocycles. The zero-order valence-corrected chi connectivity index (χ0v) is 16.5. The normalized spacial score (nSPS) is 11.6. The van der Waals surface area contributed by atoms with Crippen molar-refractivity contribution in [3.8, 4) is 0 Å². The summed E-state index contributed by atoms with van der Waals surface area (Å²) in [5.41, 5.74) is 3.82. The Bertz CT molecular complexity index is 1150. The third-order valence-electron chi connectivity index (χ3n) is 4.27. The topological polar surface area (TPSA) is 120 Å². The largest absolute Gasteiger partial charge is 0.494 e. The molecule has 0 saturated carbocycles. The van der Waals surface area contributed by atoms with Crippen molar-refractivity contribution in [3.05, 3.63) is 116 Å². The standard InChI is InChI=1S/C22H18N4O5/c1-31-21(14-16-8-4-2-5-9-16)22(17-10-6-3-7-11-17)24-23-19-13-12-18(25(27)28)15-20(19)26(29)30/h2-15,23H,1H3/b21-14-,24-22+. The molecule has 0 unspecified atom stereocenters. The van der Waals surface area contributed by atoms with Gasteiger partial charge in [-0.15, -0.1) is 0 Å².